The van der Waals surface area contributed by atoms with Crippen molar-refractivity contribution in [2.24, 2.45) is 0 Å². The molecule has 20 heavy (non-hydrogen) atoms. The molecule has 2 rings (SSSR count). The number of sulfonamides is 1. The zero-order chi connectivity index (χ0) is 14.9. The summed E-state index contributed by atoms with van der Waals surface area (Å²) in [5.74, 6) is -0.521. The first-order chi connectivity index (χ1) is 9.27. The number of nitrogens with zero attached hydrogens (tertiary/aromatic N) is 4. The summed E-state index contributed by atoms with van der Waals surface area (Å²) in [7, 11) is -1.84. The summed E-state index contributed by atoms with van der Waals surface area (Å²) in [4.78, 5) is 0. The summed E-state index contributed by atoms with van der Waals surface area (Å²) in [6, 6.07) is 4.14. The Balaban J connectivity index is 2.22. The van der Waals surface area contributed by atoms with E-state index < -0.39 is 15.8 Å². The zero-order valence-electron chi connectivity index (χ0n) is 10.8. The van der Waals surface area contributed by atoms with Crippen LogP contribution in [0.1, 0.15) is 5.69 Å². The molecule has 0 atom stereocenters. The minimum atomic E-state index is -3.28. The van der Waals surface area contributed by atoms with Gasteiger partial charge < -0.3 is 0 Å². The minimum Gasteiger partial charge on any atom is -0.220 e. The second-order valence-electron chi connectivity index (χ2n) is 4.27. The Labute approximate surface area is 120 Å². The first-order valence-electron chi connectivity index (χ1n) is 5.55. The number of rotatable bonds is 4. The quantitative estimate of drug-likeness (QED) is 0.855. The van der Waals surface area contributed by atoms with E-state index in [4.69, 9.17) is 11.6 Å². The summed E-state index contributed by atoms with van der Waals surface area (Å²) < 4.78 is 38.2. The van der Waals surface area contributed by atoms with Crippen LogP contribution in [0.4, 0.5) is 4.39 Å². The van der Waals surface area contributed by atoms with Crippen LogP contribution in [0.15, 0.2) is 24.4 Å². The lowest BCUT2D eigenvalue weighted by atomic mass is 10.3. The normalized spacial score (nSPS) is 12.1. The third kappa shape index (κ3) is 3.33. The maximum Gasteiger partial charge on any atom is 0.211 e. The van der Waals surface area contributed by atoms with Gasteiger partial charge in [0, 0.05) is 7.05 Å². The molecular formula is C11H12ClFN4O2S. The Kier molecular flexibility index (Phi) is 4.07. The summed E-state index contributed by atoms with van der Waals surface area (Å²) in [6.45, 7) is 0.105. The molecule has 108 valence electrons. The molecule has 0 spiro atoms. The second kappa shape index (κ2) is 5.47. The number of aromatic nitrogens is 3. The van der Waals surface area contributed by atoms with E-state index in [0.717, 1.165) is 10.6 Å². The summed E-state index contributed by atoms with van der Waals surface area (Å²) in [5, 5.41) is 7.70. The van der Waals surface area contributed by atoms with Gasteiger partial charge in [0.2, 0.25) is 10.0 Å². The van der Waals surface area contributed by atoms with Crippen LogP contribution >= 0.6 is 11.6 Å². The van der Waals surface area contributed by atoms with E-state index in [1.165, 1.54) is 29.9 Å². The Morgan fingerprint density at radius 1 is 1.45 bits per heavy atom. The molecule has 0 saturated heterocycles. The summed E-state index contributed by atoms with van der Waals surface area (Å²) in [6.07, 6.45) is 2.67. The molecule has 0 saturated carbocycles. The molecule has 6 nitrogen and oxygen atoms in total. The highest BCUT2D eigenvalue weighted by atomic mass is 35.5. The lowest BCUT2D eigenvalue weighted by molar-refractivity contribution is 0.467. The topological polar surface area (TPSA) is 68.1 Å². The third-order valence-electron chi connectivity index (χ3n) is 2.66. The minimum absolute atomic E-state index is 0.0206. The van der Waals surface area contributed by atoms with Gasteiger partial charge in [-0.2, -0.15) is 4.31 Å². The van der Waals surface area contributed by atoms with Crippen LogP contribution in [-0.4, -0.2) is 41.0 Å². The molecule has 0 fully saturated rings. The van der Waals surface area contributed by atoms with E-state index in [0.29, 0.717) is 11.4 Å². The van der Waals surface area contributed by atoms with Gasteiger partial charge in [-0.1, -0.05) is 16.8 Å². The van der Waals surface area contributed by atoms with E-state index in [2.05, 4.69) is 10.3 Å². The predicted molar refractivity (Wildman–Crippen MR) is 72.6 cm³/mol. The van der Waals surface area contributed by atoms with E-state index in [1.54, 1.807) is 6.20 Å². The third-order valence-corrected chi connectivity index (χ3v) is 4.21. The molecule has 0 aliphatic heterocycles. The number of benzene rings is 1. The van der Waals surface area contributed by atoms with Gasteiger partial charge in [0.15, 0.2) is 0 Å². The monoisotopic (exact) mass is 318 g/mol. The lowest BCUT2D eigenvalue weighted by Crippen LogP contribution is -2.25. The van der Waals surface area contributed by atoms with Crippen molar-refractivity contribution < 1.29 is 12.8 Å². The molecule has 0 radical (unpaired) electrons. The van der Waals surface area contributed by atoms with Gasteiger partial charge in [-0.3, -0.25) is 0 Å². The van der Waals surface area contributed by atoms with Crippen LogP contribution in [0.25, 0.3) is 5.69 Å². The van der Waals surface area contributed by atoms with E-state index in [9.17, 15) is 12.8 Å². The van der Waals surface area contributed by atoms with Gasteiger partial charge in [0.1, 0.15) is 5.82 Å². The van der Waals surface area contributed by atoms with Crippen molar-refractivity contribution in [1.29, 1.82) is 0 Å². The summed E-state index contributed by atoms with van der Waals surface area (Å²) >= 11 is 5.69. The molecule has 1 aromatic carbocycles. The average molecular weight is 319 g/mol. The van der Waals surface area contributed by atoms with Gasteiger partial charge in [-0.15, -0.1) is 5.10 Å². The maximum atomic E-state index is 13.1. The van der Waals surface area contributed by atoms with Crippen molar-refractivity contribution in [3.05, 3.63) is 40.9 Å². The van der Waals surface area contributed by atoms with Crippen LogP contribution in [0.3, 0.4) is 0 Å². The molecule has 0 unspecified atom stereocenters. The fourth-order valence-corrected chi connectivity index (χ4v) is 2.01. The van der Waals surface area contributed by atoms with Crippen LogP contribution in [-0.2, 0) is 16.6 Å². The van der Waals surface area contributed by atoms with E-state index in [-0.39, 0.29) is 11.6 Å². The molecule has 0 aliphatic rings. The van der Waals surface area contributed by atoms with Crippen LogP contribution in [0.5, 0.6) is 0 Å². The molecule has 1 aromatic heterocycles. The smallest absolute Gasteiger partial charge is 0.211 e. The van der Waals surface area contributed by atoms with Crippen molar-refractivity contribution in [3.8, 4) is 5.69 Å². The molecule has 2 aromatic rings. The van der Waals surface area contributed by atoms with E-state index >= 15 is 0 Å². The SMILES string of the molecule is CN(Cc1cn(-c2ccc(F)c(Cl)c2)nn1)S(C)(=O)=O. The van der Waals surface area contributed by atoms with Crippen molar-refractivity contribution in [2.45, 2.75) is 6.54 Å². The predicted octanol–water partition coefficient (Wildman–Crippen LogP) is 1.45. The number of halogens is 2. The van der Waals surface area contributed by atoms with Crippen LogP contribution in [0.2, 0.25) is 5.02 Å². The zero-order valence-corrected chi connectivity index (χ0v) is 12.4. The fourth-order valence-electron chi connectivity index (χ4n) is 1.47. The molecule has 0 N–H and O–H groups in total. The lowest BCUT2D eigenvalue weighted by Gasteiger charge is -2.11. The largest absolute Gasteiger partial charge is 0.220 e. The standard InChI is InChI=1S/C11H12ClFN4O2S/c1-16(20(2,18)19)6-8-7-17(15-14-8)9-3-4-11(13)10(12)5-9/h3-5,7H,6H2,1-2H3. The Hall–Kier alpha value is -1.51. The molecule has 0 amide bonds. The first-order valence-corrected chi connectivity index (χ1v) is 7.78. The number of hydrogen-bond acceptors (Lipinski definition) is 4. The molecular weight excluding hydrogens is 307 g/mol. The molecule has 0 bridgehead atoms. The van der Waals surface area contributed by atoms with Crippen molar-refractivity contribution in [1.82, 2.24) is 19.3 Å². The number of hydrogen-bond donors (Lipinski definition) is 0. The van der Waals surface area contributed by atoms with Gasteiger partial charge in [-0.25, -0.2) is 17.5 Å². The van der Waals surface area contributed by atoms with Gasteiger partial charge in [0.25, 0.3) is 0 Å². The highest BCUT2D eigenvalue weighted by Gasteiger charge is 2.14. The second-order valence-corrected chi connectivity index (χ2v) is 6.77. The Bertz CT molecular complexity index is 732. The van der Waals surface area contributed by atoms with Crippen LogP contribution in [0, 0.1) is 5.82 Å². The fraction of sp³-hybridized carbons (Fsp3) is 0.273. The highest BCUT2D eigenvalue weighted by Crippen LogP contribution is 2.18. The van der Waals surface area contributed by atoms with Gasteiger partial charge in [0.05, 0.1) is 35.4 Å². The Morgan fingerprint density at radius 2 is 2.15 bits per heavy atom. The first kappa shape index (κ1) is 14.9. The summed E-state index contributed by atoms with van der Waals surface area (Å²) in [5.41, 5.74) is 1.01. The van der Waals surface area contributed by atoms with E-state index in [1.807, 2.05) is 0 Å². The molecule has 9 heteroatoms. The van der Waals surface area contributed by atoms with Crippen molar-refractivity contribution in [3.63, 3.8) is 0 Å². The highest BCUT2D eigenvalue weighted by molar-refractivity contribution is 7.88. The van der Waals surface area contributed by atoms with Crippen molar-refractivity contribution in [2.75, 3.05) is 13.3 Å². The Morgan fingerprint density at radius 3 is 2.75 bits per heavy atom. The van der Waals surface area contributed by atoms with Crippen LogP contribution < -0.4 is 0 Å². The van der Waals surface area contributed by atoms with Gasteiger partial charge >= 0.3 is 0 Å². The maximum absolute atomic E-state index is 13.1. The molecule has 1 heterocycles. The van der Waals surface area contributed by atoms with Crippen molar-refractivity contribution >= 4 is 21.6 Å². The van der Waals surface area contributed by atoms with Gasteiger partial charge in [-0.05, 0) is 18.2 Å². The average Bonchev–Trinajstić information content (AvgIpc) is 2.80. The molecule has 0 aliphatic carbocycles.